The minimum atomic E-state index is 0.275. The molecule has 3 N–H and O–H groups in total. The SMILES string of the molecule is CCCc1nc(N)c(C)c(NCC2(N(C)C)CCC2)n1. The van der Waals surface area contributed by atoms with E-state index in [0.29, 0.717) is 5.82 Å². The third kappa shape index (κ3) is 2.87. The summed E-state index contributed by atoms with van der Waals surface area (Å²) in [6.45, 7) is 5.03. The van der Waals surface area contributed by atoms with Crippen LogP contribution in [0.5, 0.6) is 0 Å². The summed E-state index contributed by atoms with van der Waals surface area (Å²) in [6, 6.07) is 0. The van der Waals surface area contributed by atoms with E-state index in [1.165, 1.54) is 19.3 Å². The van der Waals surface area contributed by atoms with E-state index in [9.17, 15) is 0 Å². The molecule has 1 saturated carbocycles. The van der Waals surface area contributed by atoms with Crippen LogP contribution in [0.1, 0.15) is 44.0 Å². The monoisotopic (exact) mass is 277 g/mol. The number of likely N-dealkylation sites (N-methyl/N-ethyl adjacent to an activating group) is 1. The van der Waals surface area contributed by atoms with Crippen LogP contribution in [0.2, 0.25) is 0 Å². The van der Waals surface area contributed by atoms with Gasteiger partial charge in [0.25, 0.3) is 0 Å². The van der Waals surface area contributed by atoms with E-state index in [0.717, 1.165) is 36.6 Å². The first-order valence-corrected chi connectivity index (χ1v) is 7.53. The summed E-state index contributed by atoms with van der Waals surface area (Å²) in [4.78, 5) is 11.3. The van der Waals surface area contributed by atoms with Crippen molar-refractivity contribution in [1.29, 1.82) is 0 Å². The van der Waals surface area contributed by atoms with Crippen LogP contribution in [0.25, 0.3) is 0 Å². The molecule has 1 aliphatic carbocycles. The fourth-order valence-electron chi connectivity index (χ4n) is 2.70. The largest absolute Gasteiger partial charge is 0.383 e. The Kier molecular flexibility index (Phi) is 4.48. The Morgan fingerprint density at radius 2 is 2.00 bits per heavy atom. The molecule has 5 nitrogen and oxygen atoms in total. The molecule has 20 heavy (non-hydrogen) atoms. The van der Waals surface area contributed by atoms with Gasteiger partial charge in [-0.25, -0.2) is 9.97 Å². The average molecular weight is 277 g/mol. The van der Waals surface area contributed by atoms with Gasteiger partial charge in [0.05, 0.1) is 0 Å². The lowest BCUT2D eigenvalue weighted by molar-refractivity contribution is 0.0738. The Labute approximate surface area is 122 Å². The van der Waals surface area contributed by atoms with E-state index < -0.39 is 0 Å². The minimum Gasteiger partial charge on any atom is -0.383 e. The Morgan fingerprint density at radius 3 is 2.50 bits per heavy atom. The molecular weight excluding hydrogens is 250 g/mol. The maximum absolute atomic E-state index is 6.00. The molecule has 1 aromatic rings. The number of hydrogen-bond acceptors (Lipinski definition) is 5. The predicted octanol–water partition coefficient (Wildman–Crippen LogP) is 2.22. The summed E-state index contributed by atoms with van der Waals surface area (Å²) in [5.41, 5.74) is 7.23. The third-order valence-corrected chi connectivity index (χ3v) is 4.52. The fourth-order valence-corrected chi connectivity index (χ4v) is 2.70. The summed E-state index contributed by atoms with van der Waals surface area (Å²) < 4.78 is 0. The second kappa shape index (κ2) is 5.95. The predicted molar refractivity (Wildman–Crippen MR) is 83.9 cm³/mol. The summed E-state index contributed by atoms with van der Waals surface area (Å²) in [5.74, 6) is 2.33. The number of aromatic nitrogens is 2. The van der Waals surface area contributed by atoms with E-state index in [1.54, 1.807) is 0 Å². The van der Waals surface area contributed by atoms with Crippen LogP contribution in [0.4, 0.5) is 11.6 Å². The molecule has 0 bridgehead atoms. The second-order valence-corrected chi connectivity index (χ2v) is 6.07. The molecular formula is C15H27N5. The summed E-state index contributed by atoms with van der Waals surface area (Å²) in [6.07, 6.45) is 5.70. The zero-order valence-corrected chi connectivity index (χ0v) is 13.2. The summed E-state index contributed by atoms with van der Waals surface area (Å²) in [7, 11) is 4.31. The van der Waals surface area contributed by atoms with Crippen molar-refractivity contribution < 1.29 is 0 Å². The first kappa shape index (κ1) is 15.0. The molecule has 2 rings (SSSR count). The summed E-state index contributed by atoms with van der Waals surface area (Å²) in [5, 5.41) is 3.50. The lowest BCUT2D eigenvalue weighted by atomic mass is 9.75. The van der Waals surface area contributed by atoms with Crippen LogP contribution in [0.15, 0.2) is 0 Å². The highest BCUT2D eigenvalue weighted by Gasteiger charge is 2.38. The zero-order valence-electron chi connectivity index (χ0n) is 13.2. The van der Waals surface area contributed by atoms with Crippen molar-refractivity contribution in [1.82, 2.24) is 14.9 Å². The van der Waals surface area contributed by atoms with Gasteiger partial charge >= 0.3 is 0 Å². The van der Waals surface area contributed by atoms with Gasteiger partial charge in [-0.2, -0.15) is 0 Å². The number of nitrogens with one attached hydrogen (secondary N) is 1. The highest BCUT2D eigenvalue weighted by molar-refractivity contribution is 5.55. The van der Waals surface area contributed by atoms with Crippen molar-refractivity contribution in [3.05, 3.63) is 11.4 Å². The van der Waals surface area contributed by atoms with Gasteiger partial charge in [-0.05, 0) is 46.7 Å². The van der Waals surface area contributed by atoms with Crippen molar-refractivity contribution in [2.45, 2.75) is 51.5 Å². The van der Waals surface area contributed by atoms with Gasteiger partial charge in [-0.15, -0.1) is 0 Å². The Hall–Kier alpha value is -1.36. The summed E-state index contributed by atoms with van der Waals surface area (Å²) >= 11 is 0. The normalized spacial score (nSPS) is 17.1. The lowest BCUT2D eigenvalue weighted by Crippen LogP contribution is -2.54. The van der Waals surface area contributed by atoms with Crippen LogP contribution in [0, 0.1) is 6.92 Å². The maximum Gasteiger partial charge on any atom is 0.134 e. The van der Waals surface area contributed by atoms with Crippen molar-refractivity contribution in [2.24, 2.45) is 0 Å². The topological polar surface area (TPSA) is 67.1 Å². The van der Waals surface area contributed by atoms with Crippen LogP contribution in [-0.4, -0.2) is 41.0 Å². The smallest absolute Gasteiger partial charge is 0.134 e. The van der Waals surface area contributed by atoms with Crippen LogP contribution in [0.3, 0.4) is 0 Å². The van der Waals surface area contributed by atoms with Crippen LogP contribution in [-0.2, 0) is 6.42 Å². The standard InChI is InChI=1S/C15H27N5/c1-5-7-12-18-13(16)11(2)14(19-12)17-10-15(20(3)4)8-6-9-15/h5-10H2,1-4H3,(H3,16,17,18,19). The molecule has 0 spiro atoms. The molecule has 5 heteroatoms. The number of anilines is 2. The molecule has 0 aliphatic heterocycles. The molecule has 0 saturated heterocycles. The molecule has 0 radical (unpaired) electrons. The molecule has 0 atom stereocenters. The fraction of sp³-hybridized carbons (Fsp3) is 0.733. The quantitative estimate of drug-likeness (QED) is 0.834. The van der Waals surface area contributed by atoms with E-state index in [2.05, 4.69) is 41.2 Å². The van der Waals surface area contributed by atoms with Gasteiger partial charge in [0.2, 0.25) is 0 Å². The van der Waals surface area contributed by atoms with Gasteiger partial charge in [-0.3, -0.25) is 0 Å². The Morgan fingerprint density at radius 1 is 1.30 bits per heavy atom. The van der Waals surface area contributed by atoms with Crippen LogP contribution < -0.4 is 11.1 Å². The number of nitrogen functional groups attached to an aromatic ring is 1. The molecule has 0 aromatic carbocycles. The molecule has 1 heterocycles. The number of rotatable bonds is 6. The first-order chi connectivity index (χ1) is 9.48. The minimum absolute atomic E-state index is 0.275. The van der Waals surface area contributed by atoms with Gasteiger partial charge < -0.3 is 16.0 Å². The van der Waals surface area contributed by atoms with E-state index in [1.807, 2.05) is 6.92 Å². The van der Waals surface area contributed by atoms with E-state index in [-0.39, 0.29) is 5.54 Å². The number of aryl methyl sites for hydroxylation is 1. The first-order valence-electron chi connectivity index (χ1n) is 7.53. The molecule has 0 amide bonds. The maximum atomic E-state index is 6.00. The van der Waals surface area contributed by atoms with Crippen molar-refractivity contribution >= 4 is 11.6 Å². The highest BCUT2D eigenvalue weighted by atomic mass is 15.2. The molecule has 112 valence electrons. The molecule has 1 aliphatic rings. The van der Waals surface area contributed by atoms with E-state index >= 15 is 0 Å². The van der Waals surface area contributed by atoms with Crippen LogP contribution >= 0.6 is 0 Å². The van der Waals surface area contributed by atoms with Gasteiger partial charge in [0, 0.05) is 24.1 Å². The zero-order chi connectivity index (χ0) is 14.8. The lowest BCUT2D eigenvalue weighted by Gasteiger charge is -2.47. The highest BCUT2D eigenvalue weighted by Crippen LogP contribution is 2.36. The molecule has 1 fully saturated rings. The molecule has 1 aromatic heterocycles. The molecule has 0 unspecified atom stereocenters. The number of hydrogen-bond donors (Lipinski definition) is 2. The van der Waals surface area contributed by atoms with Crippen molar-refractivity contribution in [2.75, 3.05) is 31.7 Å². The number of nitrogens with two attached hydrogens (primary N) is 1. The third-order valence-electron chi connectivity index (χ3n) is 4.52. The Bertz CT molecular complexity index is 466. The number of nitrogens with zero attached hydrogens (tertiary/aromatic N) is 3. The average Bonchev–Trinajstić information content (AvgIpc) is 2.33. The van der Waals surface area contributed by atoms with E-state index in [4.69, 9.17) is 5.73 Å². The van der Waals surface area contributed by atoms with Gasteiger partial charge in [0.15, 0.2) is 0 Å². The Balaban J connectivity index is 2.12. The van der Waals surface area contributed by atoms with Crippen molar-refractivity contribution in [3.63, 3.8) is 0 Å². The van der Waals surface area contributed by atoms with Gasteiger partial charge in [-0.1, -0.05) is 6.92 Å². The van der Waals surface area contributed by atoms with Crippen molar-refractivity contribution in [3.8, 4) is 0 Å². The van der Waals surface area contributed by atoms with Gasteiger partial charge in [0.1, 0.15) is 17.5 Å². The second-order valence-electron chi connectivity index (χ2n) is 6.07.